The molecular formula is C16H22N4O7S. The number of carboxylic acids is 1. The minimum Gasteiger partial charge on any atom is -0.548 e. The van der Waals surface area contributed by atoms with E-state index >= 15 is 0 Å². The Kier molecular flexibility index (Phi) is 4.52. The fraction of sp³-hybridized carbons (Fsp3) is 0.688. The van der Waals surface area contributed by atoms with Gasteiger partial charge in [-0.3, -0.25) is 4.79 Å². The number of hydrogen-bond acceptors (Lipinski definition) is 8. The average Bonchev–Trinajstić information content (AvgIpc) is 2.98. The van der Waals surface area contributed by atoms with Crippen molar-refractivity contribution in [1.29, 1.82) is 0 Å². The number of rotatable bonds is 5. The summed E-state index contributed by atoms with van der Waals surface area (Å²) in [5.41, 5.74) is -0.659. The molecule has 0 aliphatic carbocycles. The van der Waals surface area contributed by atoms with Crippen LogP contribution in [0, 0.1) is 0 Å². The standard InChI is InChI=1S/C16H22N4O7S/c1-15(2,3)27-12(22)8-18-5-6-19(17-18)9-16(4)13(14(23)24)20-10(21)7-11(20)28(16,25)26/h5-6,11,13H,7-9H2,1-4H3/t11-,13+,16+/m1/s1. The molecule has 28 heavy (non-hydrogen) atoms. The van der Waals surface area contributed by atoms with E-state index in [9.17, 15) is 27.9 Å². The first-order valence-electron chi connectivity index (χ1n) is 8.67. The molecule has 0 radical (unpaired) electrons. The van der Waals surface area contributed by atoms with Crippen LogP contribution in [0.4, 0.5) is 0 Å². The second kappa shape index (κ2) is 6.26. The van der Waals surface area contributed by atoms with E-state index in [4.69, 9.17) is 4.74 Å². The van der Waals surface area contributed by atoms with Gasteiger partial charge in [-0.25, -0.2) is 13.2 Å². The molecular weight excluding hydrogens is 392 g/mol. The highest BCUT2D eigenvalue weighted by atomic mass is 32.2. The fourth-order valence-corrected chi connectivity index (χ4v) is 5.98. The molecule has 2 saturated heterocycles. The third-order valence-corrected chi connectivity index (χ3v) is 7.63. The molecule has 0 saturated carbocycles. The first-order chi connectivity index (χ1) is 12.8. The van der Waals surface area contributed by atoms with Crippen LogP contribution in [0.3, 0.4) is 0 Å². The van der Waals surface area contributed by atoms with Crippen molar-refractivity contribution in [2.45, 2.75) is 69.0 Å². The van der Waals surface area contributed by atoms with Crippen molar-refractivity contribution in [2.24, 2.45) is 0 Å². The number of β-lactam (4-membered cyclic amide) rings is 1. The van der Waals surface area contributed by atoms with E-state index in [2.05, 4.69) is 5.21 Å². The normalized spacial score (nSPS) is 28.6. The maximum Gasteiger partial charge on any atom is 0.351 e. The summed E-state index contributed by atoms with van der Waals surface area (Å²) in [6.07, 6.45) is 2.64. The van der Waals surface area contributed by atoms with Crippen LogP contribution < -0.4 is 9.79 Å². The molecule has 154 valence electrons. The van der Waals surface area contributed by atoms with Crippen molar-refractivity contribution in [1.82, 2.24) is 14.8 Å². The molecule has 0 aromatic carbocycles. The van der Waals surface area contributed by atoms with Gasteiger partial charge in [0.2, 0.25) is 12.5 Å². The topological polar surface area (TPSA) is 143 Å². The largest absolute Gasteiger partial charge is 0.548 e. The molecule has 3 rings (SSSR count). The first-order valence-corrected chi connectivity index (χ1v) is 10.2. The third kappa shape index (κ3) is 3.15. The van der Waals surface area contributed by atoms with E-state index in [1.807, 2.05) is 0 Å². The molecule has 1 aromatic heterocycles. The molecule has 2 aliphatic heterocycles. The highest BCUT2D eigenvalue weighted by Gasteiger charge is 2.69. The maximum atomic E-state index is 12.9. The molecule has 12 heteroatoms. The molecule has 1 aromatic rings. The molecule has 2 aliphatic rings. The lowest BCUT2D eigenvalue weighted by Gasteiger charge is -2.38. The van der Waals surface area contributed by atoms with Gasteiger partial charge in [-0.05, 0) is 27.7 Å². The second-order valence-corrected chi connectivity index (χ2v) is 10.8. The van der Waals surface area contributed by atoms with E-state index in [-0.39, 0.29) is 19.5 Å². The van der Waals surface area contributed by atoms with Crippen LogP contribution in [0.2, 0.25) is 0 Å². The van der Waals surface area contributed by atoms with Crippen molar-refractivity contribution in [2.75, 3.05) is 0 Å². The predicted octanol–water partition coefficient (Wildman–Crippen LogP) is -2.62. The Balaban J connectivity index is 1.83. The van der Waals surface area contributed by atoms with Crippen LogP contribution in [-0.4, -0.2) is 62.8 Å². The van der Waals surface area contributed by atoms with Gasteiger partial charge in [0, 0.05) is 0 Å². The number of fused-ring (bicyclic) bond motifs is 1. The second-order valence-electron chi connectivity index (χ2n) is 8.21. The summed E-state index contributed by atoms with van der Waals surface area (Å²) in [7, 11) is -3.97. The molecule has 0 spiro atoms. The molecule has 0 bridgehead atoms. The Morgan fingerprint density at radius 1 is 1.43 bits per heavy atom. The summed E-state index contributed by atoms with van der Waals surface area (Å²) >= 11 is 0. The van der Waals surface area contributed by atoms with Gasteiger partial charge in [0.15, 0.2) is 22.2 Å². The lowest BCUT2D eigenvalue weighted by molar-refractivity contribution is -0.745. The molecule has 2 fully saturated rings. The quantitative estimate of drug-likeness (QED) is 0.289. The van der Waals surface area contributed by atoms with Crippen molar-refractivity contribution >= 4 is 27.7 Å². The van der Waals surface area contributed by atoms with Gasteiger partial charge >= 0.3 is 5.97 Å². The van der Waals surface area contributed by atoms with Gasteiger partial charge < -0.3 is 19.5 Å². The van der Waals surface area contributed by atoms with Crippen molar-refractivity contribution in [3.63, 3.8) is 0 Å². The average molecular weight is 414 g/mol. The van der Waals surface area contributed by atoms with E-state index < -0.39 is 49.4 Å². The zero-order valence-corrected chi connectivity index (χ0v) is 16.8. The summed E-state index contributed by atoms with van der Waals surface area (Å²) < 4.78 is 31.6. The monoisotopic (exact) mass is 414 g/mol. The Hall–Kier alpha value is -2.50. The first kappa shape index (κ1) is 20.2. The predicted molar refractivity (Wildman–Crippen MR) is 89.6 cm³/mol. The zero-order chi connectivity index (χ0) is 21.1. The molecule has 3 heterocycles. The van der Waals surface area contributed by atoms with E-state index in [1.165, 1.54) is 28.7 Å². The molecule has 3 atom stereocenters. The summed E-state index contributed by atoms with van der Waals surface area (Å²) in [4.78, 5) is 36.2. The number of ether oxygens (including phenoxy) is 1. The van der Waals surface area contributed by atoms with Gasteiger partial charge in [0.25, 0.3) is 0 Å². The number of sulfone groups is 1. The summed E-state index contributed by atoms with van der Waals surface area (Å²) in [6.45, 7) is 5.95. The number of amides is 1. The molecule has 1 amide bonds. The van der Waals surface area contributed by atoms with Crippen molar-refractivity contribution in [3.8, 4) is 0 Å². The number of carbonyl (C=O) groups excluding carboxylic acids is 3. The lowest BCUT2D eigenvalue weighted by Crippen LogP contribution is -2.61. The molecule has 0 N–H and O–H groups in total. The Bertz CT molecular complexity index is 948. The molecule has 0 unspecified atom stereocenters. The van der Waals surface area contributed by atoms with Gasteiger partial charge in [-0.2, -0.15) is 0 Å². The smallest absolute Gasteiger partial charge is 0.351 e. The van der Waals surface area contributed by atoms with Crippen LogP contribution in [-0.2, 0) is 42.0 Å². The minimum absolute atomic E-state index is 0.190. The number of carbonyl (C=O) groups is 3. The number of hydrogen-bond donors (Lipinski definition) is 0. The Morgan fingerprint density at radius 2 is 2.07 bits per heavy atom. The van der Waals surface area contributed by atoms with E-state index in [1.54, 1.807) is 20.8 Å². The number of aliphatic carboxylic acids is 1. The van der Waals surface area contributed by atoms with Gasteiger partial charge in [0.05, 0.1) is 23.6 Å². The third-order valence-electron chi connectivity index (χ3n) is 4.86. The van der Waals surface area contributed by atoms with Crippen LogP contribution >= 0.6 is 0 Å². The highest BCUT2D eigenvalue weighted by molar-refractivity contribution is 7.93. The van der Waals surface area contributed by atoms with Crippen LogP contribution in [0.5, 0.6) is 0 Å². The number of carboxylic acid groups (broad SMARTS) is 1. The highest BCUT2D eigenvalue weighted by Crippen LogP contribution is 2.46. The molecule has 11 nitrogen and oxygen atoms in total. The maximum absolute atomic E-state index is 12.9. The lowest BCUT2D eigenvalue weighted by atomic mass is 9.96. The summed E-state index contributed by atoms with van der Waals surface area (Å²) in [5.74, 6) is -2.69. The van der Waals surface area contributed by atoms with Gasteiger partial charge in [-0.15, -0.1) is 9.36 Å². The van der Waals surface area contributed by atoms with Crippen LogP contribution in [0.1, 0.15) is 34.1 Å². The van der Waals surface area contributed by atoms with Gasteiger partial charge in [0.1, 0.15) is 22.3 Å². The number of nitrogens with zero attached hydrogens (tertiary/aromatic N) is 4. The Labute approximate surface area is 161 Å². The summed E-state index contributed by atoms with van der Waals surface area (Å²) in [6, 6.07) is -1.60. The van der Waals surface area contributed by atoms with Crippen LogP contribution in [0.25, 0.3) is 0 Å². The fourth-order valence-electron chi connectivity index (χ4n) is 3.63. The van der Waals surface area contributed by atoms with Gasteiger partial charge in [-0.1, -0.05) is 0 Å². The van der Waals surface area contributed by atoms with E-state index in [0.29, 0.717) is 0 Å². The number of aromatic nitrogens is 3. The SMILES string of the molecule is CC(C)(C)OC(=O)C[n+]1ccn(C[C@@]2(C)[C@H](C(=O)[O-])N3C(=O)C[C@H]3S2(=O)=O)n1. The zero-order valence-electron chi connectivity index (χ0n) is 16.0. The van der Waals surface area contributed by atoms with Crippen molar-refractivity contribution in [3.05, 3.63) is 12.4 Å². The minimum atomic E-state index is -3.97. The van der Waals surface area contributed by atoms with Crippen molar-refractivity contribution < 1.29 is 37.3 Å². The Morgan fingerprint density at radius 3 is 2.61 bits per heavy atom. The van der Waals surface area contributed by atoms with Crippen LogP contribution in [0.15, 0.2) is 12.4 Å². The number of esters is 1. The summed E-state index contributed by atoms with van der Waals surface area (Å²) in [5, 5.41) is 14.6. The van der Waals surface area contributed by atoms with E-state index in [0.717, 1.165) is 4.90 Å².